The highest BCUT2D eigenvalue weighted by Gasteiger charge is 1.84. The molecule has 0 spiro atoms. The van der Waals surface area contributed by atoms with E-state index < -0.39 is 11.3 Å². The van der Waals surface area contributed by atoms with Crippen molar-refractivity contribution in [1.29, 1.82) is 0 Å². The van der Waals surface area contributed by atoms with Crippen molar-refractivity contribution in [3.8, 4) is 0 Å². The van der Waals surface area contributed by atoms with Crippen LogP contribution in [0.15, 0.2) is 0 Å². The zero-order valence-corrected chi connectivity index (χ0v) is 4.27. The number of carbonyl (C=O) groups excluding carboxylic acids is 1. The fourth-order valence-electron chi connectivity index (χ4n) is 0.105. The lowest BCUT2D eigenvalue weighted by Gasteiger charge is -1.85. The summed E-state index contributed by atoms with van der Waals surface area (Å²) in [6.07, 6.45) is 0.508. The SMILES string of the molecule is O=CCNS(=O)O. The normalized spacial score (nSPS) is 13.3. The molecular weight excluding hydrogens is 118 g/mol. The molecule has 0 aromatic heterocycles. The Morgan fingerprint density at radius 3 is 2.57 bits per heavy atom. The first kappa shape index (κ1) is 6.74. The number of nitrogens with one attached hydrogen (secondary N) is 1. The Morgan fingerprint density at radius 1 is 1.86 bits per heavy atom. The average Bonchev–Trinajstić information content (AvgIpc) is 1.61. The van der Waals surface area contributed by atoms with Gasteiger partial charge >= 0.3 is 0 Å². The lowest BCUT2D eigenvalue weighted by Crippen LogP contribution is -2.17. The third-order valence-corrected chi connectivity index (χ3v) is 0.704. The van der Waals surface area contributed by atoms with E-state index in [4.69, 9.17) is 4.55 Å². The van der Waals surface area contributed by atoms with Crippen LogP contribution >= 0.6 is 0 Å². The molecule has 2 N–H and O–H groups in total. The minimum atomic E-state index is -2.05. The molecule has 0 aliphatic rings. The summed E-state index contributed by atoms with van der Waals surface area (Å²) in [5.74, 6) is 0. The van der Waals surface area contributed by atoms with Gasteiger partial charge in [0.1, 0.15) is 6.29 Å². The summed E-state index contributed by atoms with van der Waals surface area (Å²) >= 11 is -2.05. The van der Waals surface area contributed by atoms with E-state index in [1.807, 2.05) is 4.72 Å². The monoisotopic (exact) mass is 123 g/mol. The van der Waals surface area contributed by atoms with Crippen LogP contribution in [0.5, 0.6) is 0 Å². The molecule has 0 amide bonds. The van der Waals surface area contributed by atoms with Crippen molar-refractivity contribution >= 4 is 17.6 Å². The Bertz CT molecular complexity index is 83.0. The molecule has 4 nitrogen and oxygen atoms in total. The van der Waals surface area contributed by atoms with Crippen molar-refractivity contribution in [1.82, 2.24) is 4.72 Å². The summed E-state index contributed by atoms with van der Waals surface area (Å²) in [7, 11) is 0. The van der Waals surface area contributed by atoms with Crippen LogP contribution < -0.4 is 4.72 Å². The molecule has 1 unspecified atom stereocenters. The van der Waals surface area contributed by atoms with Gasteiger partial charge in [0.25, 0.3) is 0 Å². The predicted molar refractivity (Wildman–Crippen MR) is 24.8 cm³/mol. The van der Waals surface area contributed by atoms with Gasteiger partial charge in [-0.15, -0.1) is 0 Å². The highest BCUT2D eigenvalue weighted by molar-refractivity contribution is 7.77. The van der Waals surface area contributed by atoms with Crippen LogP contribution in [0.3, 0.4) is 0 Å². The molecule has 0 aliphatic heterocycles. The van der Waals surface area contributed by atoms with E-state index in [0.29, 0.717) is 6.29 Å². The molecule has 0 saturated carbocycles. The zero-order valence-electron chi connectivity index (χ0n) is 3.46. The van der Waals surface area contributed by atoms with Gasteiger partial charge in [-0.1, -0.05) is 0 Å². The number of aldehydes is 1. The van der Waals surface area contributed by atoms with E-state index in [9.17, 15) is 9.00 Å². The molecule has 0 radical (unpaired) electrons. The molecule has 0 heterocycles. The topological polar surface area (TPSA) is 66.4 Å². The van der Waals surface area contributed by atoms with Crippen LogP contribution in [0, 0.1) is 0 Å². The fraction of sp³-hybridized carbons (Fsp3) is 0.500. The molecule has 42 valence electrons. The molecule has 0 bridgehead atoms. The highest BCUT2D eigenvalue weighted by Crippen LogP contribution is 1.55. The van der Waals surface area contributed by atoms with Gasteiger partial charge in [-0.05, 0) is 0 Å². The van der Waals surface area contributed by atoms with Gasteiger partial charge in [0.15, 0.2) is 0 Å². The van der Waals surface area contributed by atoms with Crippen molar-refractivity contribution in [3.63, 3.8) is 0 Å². The summed E-state index contributed by atoms with van der Waals surface area (Å²) in [5.41, 5.74) is 0. The van der Waals surface area contributed by atoms with Crippen LogP contribution in [-0.2, 0) is 16.1 Å². The highest BCUT2D eigenvalue weighted by atomic mass is 32.2. The minimum Gasteiger partial charge on any atom is -0.302 e. The van der Waals surface area contributed by atoms with Gasteiger partial charge in [-0.3, -0.25) is 4.55 Å². The van der Waals surface area contributed by atoms with E-state index in [-0.39, 0.29) is 6.54 Å². The van der Waals surface area contributed by atoms with Crippen molar-refractivity contribution in [3.05, 3.63) is 0 Å². The van der Waals surface area contributed by atoms with Crippen LogP contribution in [0.2, 0.25) is 0 Å². The maximum Gasteiger partial charge on any atom is 0.232 e. The van der Waals surface area contributed by atoms with Crippen molar-refractivity contribution < 1.29 is 13.6 Å². The standard InChI is InChI=1S/C2H5NO3S/c4-2-1-3-7(5)6/h2-3H,1H2,(H,5,6). The number of carbonyl (C=O) groups is 1. The molecular formula is C2H5NO3S. The first-order valence-electron chi connectivity index (χ1n) is 1.55. The smallest absolute Gasteiger partial charge is 0.232 e. The van der Waals surface area contributed by atoms with Crippen molar-refractivity contribution in [2.75, 3.05) is 6.54 Å². The molecule has 5 heteroatoms. The number of hydrogen-bond acceptors (Lipinski definition) is 2. The first-order valence-corrected chi connectivity index (χ1v) is 2.66. The second kappa shape index (κ2) is 3.91. The molecule has 1 atom stereocenters. The largest absolute Gasteiger partial charge is 0.302 e. The third-order valence-electron chi connectivity index (χ3n) is 0.290. The van der Waals surface area contributed by atoms with Crippen LogP contribution in [0.25, 0.3) is 0 Å². The molecule has 0 saturated heterocycles. The van der Waals surface area contributed by atoms with Crippen molar-refractivity contribution in [2.24, 2.45) is 0 Å². The average molecular weight is 123 g/mol. The van der Waals surface area contributed by atoms with Gasteiger partial charge in [0.05, 0.1) is 6.54 Å². The molecule has 0 fully saturated rings. The number of rotatable bonds is 3. The molecule has 0 aromatic rings. The third kappa shape index (κ3) is 5.74. The summed E-state index contributed by atoms with van der Waals surface area (Å²) in [5, 5.41) is 0. The Morgan fingerprint density at radius 2 is 2.43 bits per heavy atom. The Balaban J connectivity index is 2.97. The molecule has 7 heavy (non-hydrogen) atoms. The van der Waals surface area contributed by atoms with Gasteiger partial charge in [-0.2, -0.15) is 0 Å². The Kier molecular flexibility index (Phi) is 3.77. The lowest BCUT2D eigenvalue weighted by molar-refractivity contribution is -0.106. The summed E-state index contributed by atoms with van der Waals surface area (Å²) in [4.78, 5) is 9.40. The van der Waals surface area contributed by atoms with Crippen molar-refractivity contribution in [2.45, 2.75) is 0 Å². The zero-order chi connectivity index (χ0) is 5.70. The van der Waals surface area contributed by atoms with Gasteiger partial charge < -0.3 is 4.79 Å². The summed E-state index contributed by atoms with van der Waals surface area (Å²) in [6.45, 7) is -0.0802. The first-order chi connectivity index (χ1) is 3.27. The second-order valence-electron chi connectivity index (χ2n) is 0.764. The van der Waals surface area contributed by atoms with Crippen LogP contribution in [0.4, 0.5) is 0 Å². The van der Waals surface area contributed by atoms with E-state index in [1.165, 1.54) is 0 Å². The van der Waals surface area contributed by atoms with Gasteiger partial charge in [0, 0.05) is 0 Å². The minimum absolute atomic E-state index is 0.0802. The Labute approximate surface area is 43.3 Å². The van der Waals surface area contributed by atoms with E-state index in [1.54, 1.807) is 0 Å². The summed E-state index contributed by atoms with van der Waals surface area (Å²) < 4.78 is 19.4. The van der Waals surface area contributed by atoms with Gasteiger partial charge in [0.2, 0.25) is 11.3 Å². The maximum atomic E-state index is 9.60. The van der Waals surface area contributed by atoms with Crippen LogP contribution in [0.1, 0.15) is 0 Å². The van der Waals surface area contributed by atoms with Gasteiger partial charge in [-0.25, -0.2) is 8.93 Å². The molecule has 0 rings (SSSR count). The lowest BCUT2D eigenvalue weighted by atomic mass is 10.8. The Hall–Kier alpha value is -0.260. The quantitative estimate of drug-likeness (QED) is 0.370. The van der Waals surface area contributed by atoms with Crippen LogP contribution in [-0.4, -0.2) is 21.6 Å². The van der Waals surface area contributed by atoms with E-state index >= 15 is 0 Å². The molecule has 0 aliphatic carbocycles. The van der Waals surface area contributed by atoms with E-state index in [2.05, 4.69) is 0 Å². The summed E-state index contributed by atoms with van der Waals surface area (Å²) in [6, 6.07) is 0. The predicted octanol–water partition coefficient (Wildman–Crippen LogP) is -1.09. The molecule has 0 aromatic carbocycles. The maximum absolute atomic E-state index is 9.60. The second-order valence-corrected chi connectivity index (χ2v) is 1.55. The number of hydrogen-bond donors (Lipinski definition) is 2. The fourth-order valence-corrected chi connectivity index (χ4v) is 0.316. The van der Waals surface area contributed by atoms with E-state index in [0.717, 1.165) is 0 Å².